The molecule has 0 bridgehead atoms. The summed E-state index contributed by atoms with van der Waals surface area (Å²) in [6.07, 6.45) is 0. The molecule has 0 fully saturated rings. The molecule has 0 aromatic rings. The van der Waals surface area contributed by atoms with E-state index >= 15 is 0 Å². The molecule has 0 heterocycles. The zero-order valence-electron chi connectivity index (χ0n) is 15.3. The van der Waals surface area contributed by atoms with Gasteiger partial charge in [-0.05, 0) is 0 Å². The topological polar surface area (TPSA) is 71.1 Å². The first-order chi connectivity index (χ1) is 10.8. The Morgan fingerprint density at radius 3 is 1.39 bits per heavy atom. The van der Waals surface area contributed by atoms with E-state index in [-0.39, 0.29) is 33.2 Å². The van der Waals surface area contributed by atoms with Gasteiger partial charge in [-0.25, -0.2) is 0 Å². The summed E-state index contributed by atoms with van der Waals surface area (Å²) in [5.74, 6) is 0.393. The van der Waals surface area contributed by atoms with Crippen molar-refractivity contribution < 1.29 is 43.1 Å². The van der Waals surface area contributed by atoms with E-state index in [0.29, 0.717) is 26.4 Å². The minimum absolute atomic E-state index is 0.148. The second kappa shape index (κ2) is 12.3. The monoisotopic (exact) mass is 368 g/mol. The Kier molecular flexibility index (Phi) is 12.2. The van der Waals surface area contributed by atoms with Gasteiger partial charge in [0, 0.05) is 0 Å². The van der Waals surface area contributed by atoms with Crippen molar-refractivity contribution in [2.75, 3.05) is 39.6 Å². The fraction of sp³-hybridized carbons (Fsp3) is 0.875. The molecule has 0 radical (unpaired) electrons. The second-order valence-electron chi connectivity index (χ2n) is 6.15. The Morgan fingerprint density at radius 1 is 0.783 bits per heavy atom. The molecule has 0 saturated carbocycles. The quantitative estimate of drug-likeness (QED) is 0.439. The van der Waals surface area contributed by atoms with Crippen molar-refractivity contribution in [2.45, 2.75) is 41.5 Å². The number of carbonyl (C=O) groups is 2. The molecular weight excluding hydrogens is 336 g/mol. The van der Waals surface area contributed by atoms with Gasteiger partial charge in [-0.15, -0.1) is 0 Å². The van der Waals surface area contributed by atoms with Crippen LogP contribution in [0.1, 0.15) is 41.5 Å². The van der Waals surface area contributed by atoms with Crippen molar-refractivity contribution >= 4 is 8.18 Å². The predicted molar refractivity (Wildman–Crippen MR) is 84.6 cm³/mol. The standard InChI is InChI=1S/2C4H7O2.2C4H9O.Ti/c2*1-2-6-4-3-5;2*1-4(2)3-5;/h2*2,4H2,1H3;2*4H,3H2,1-2H3;/q;;2*-1;+2. The van der Waals surface area contributed by atoms with E-state index < -0.39 is 17.4 Å². The Morgan fingerprint density at radius 2 is 1.13 bits per heavy atom. The summed E-state index contributed by atoms with van der Waals surface area (Å²) < 4.78 is 21.5. The summed E-state index contributed by atoms with van der Waals surface area (Å²) in [6.45, 7) is 12.6. The van der Waals surface area contributed by atoms with Crippen molar-refractivity contribution in [3.05, 3.63) is 0 Å². The van der Waals surface area contributed by atoms with Crippen molar-refractivity contribution in [1.29, 1.82) is 0 Å². The number of rotatable bonds is 14. The Balaban J connectivity index is 5.38. The van der Waals surface area contributed by atoms with E-state index in [0.717, 1.165) is 0 Å². The first-order valence-electron chi connectivity index (χ1n) is 8.30. The average Bonchev–Trinajstić information content (AvgIpc) is 2.50. The molecule has 6 nitrogen and oxygen atoms in total. The van der Waals surface area contributed by atoms with Gasteiger partial charge in [-0.2, -0.15) is 0 Å². The molecular formula is C16H32O6Ti. The van der Waals surface area contributed by atoms with Crippen molar-refractivity contribution in [3.63, 3.8) is 0 Å². The van der Waals surface area contributed by atoms with Gasteiger partial charge in [0.15, 0.2) is 0 Å². The molecule has 0 unspecified atom stereocenters. The summed E-state index contributed by atoms with van der Waals surface area (Å²) >= 11 is -4.35. The molecule has 0 aromatic heterocycles. The van der Waals surface area contributed by atoms with Gasteiger partial charge in [0.05, 0.1) is 0 Å². The van der Waals surface area contributed by atoms with Crippen LogP contribution in [0.4, 0.5) is 0 Å². The van der Waals surface area contributed by atoms with Gasteiger partial charge in [-0.1, -0.05) is 0 Å². The van der Waals surface area contributed by atoms with Crippen LogP contribution < -0.4 is 0 Å². The van der Waals surface area contributed by atoms with Crippen LogP contribution in [0.3, 0.4) is 0 Å². The third kappa shape index (κ3) is 8.52. The Bertz CT molecular complexity index is 322. The summed E-state index contributed by atoms with van der Waals surface area (Å²) in [6, 6.07) is 0. The predicted octanol–water partition coefficient (Wildman–Crippen LogP) is 2.44. The summed E-state index contributed by atoms with van der Waals surface area (Å²) in [5, 5.41) is 0. The minimum atomic E-state index is -4.35. The van der Waals surface area contributed by atoms with Crippen LogP contribution in [0.15, 0.2) is 0 Å². The van der Waals surface area contributed by atoms with Gasteiger partial charge < -0.3 is 0 Å². The van der Waals surface area contributed by atoms with Crippen LogP contribution in [0, 0.1) is 11.8 Å². The molecule has 23 heavy (non-hydrogen) atoms. The second-order valence-corrected chi connectivity index (χ2v) is 10.7. The Hall–Kier alpha value is -0.106. The molecule has 0 N–H and O–H groups in total. The van der Waals surface area contributed by atoms with Gasteiger partial charge in [-0.3, -0.25) is 0 Å². The van der Waals surface area contributed by atoms with E-state index in [2.05, 4.69) is 0 Å². The molecule has 0 aromatic carbocycles. The number of carbonyl (C=O) groups excluding carboxylic acids is 2. The van der Waals surface area contributed by atoms with E-state index in [1.807, 2.05) is 27.7 Å². The number of hydrogen-bond donors (Lipinski definition) is 0. The maximum absolute atomic E-state index is 12.7. The normalized spacial score (nSPS) is 12.2. The van der Waals surface area contributed by atoms with E-state index in [4.69, 9.17) is 16.1 Å². The Labute approximate surface area is 144 Å². The maximum atomic E-state index is 12.7. The van der Waals surface area contributed by atoms with E-state index in [9.17, 15) is 9.59 Å². The first kappa shape index (κ1) is 22.9. The third-order valence-electron chi connectivity index (χ3n) is 2.85. The molecule has 0 aliphatic heterocycles. The SMILES string of the molecule is CCOC[C](=O)[Ti]([O]CC(C)C)([O]CC(C)C)[C](=O)COCC. The molecule has 0 rings (SSSR count). The molecule has 0 aliphatic carbocycles. The summed E-state index contributed by atoms with van der Waals surface area (Å²) in [7, 11) is 0. The molecule has 0 atom stereocenters. The van der Waals surface area contributed by atoms with Crippen molar-refractivity contribution in [3.8, 4) is 0 Å². The van der Waals surface area contributed by atoms with E-state index in [1.54, 1.807) is 13.8 Å². The summed E-state index contributed by atoms with van der Waals surface area (Å²) in [5.41, 5.74) is 0. The van der Waals surface area contributed by atoms with Gasteiger partial charge in [0.1, 0.15) is 0 Å². The third-order valence-corrected chi connectivity index (χ3v) is 7.38. The number of ether oxygens (including phenoxy) is 2. The number of hydrogen-bond acceptors (Lipinski definition) is 6. The fourth-order valence-corrected chi connectivity index (χ4v) is 5.97. The molecule has 136 valence electrons. The van der Waals surface area contributed by atoms with Crippen molar-refractivity contribution in [2.24, 2.45) is 11.8 Å². The van der Waals surface area contributed by atoms with Crippen molar-refractivity contribution in [1.82, 2.24) is 0 Å². The van der Waals surface area contributed by atoms with E-state index in [1.165, 1.54) is 0 Å². The van der Waals surface area contributed by atoms with Crippen LogP contribution in [0.5, 0.6) is 0 Å². The molecule has 0 amide bonds. The van der Waals surface area contributed by atoms with Gasteiger partial charge >= 0.3 is 144 Å². The van der Waals surface area contributed by atoms with Gasteiger partial charge in [0.2, 0.25) is 0 Å². The summed E-state index contributed by atoms with van der Waals surface area (Å²) in [4.78, 5) is 25.4. The van der Waals surface area contributed by atoms with Crippen LogP contribution in [0.25, 0.3) is 0 Å². The van der Waals surface area contributed by atoms with Crippen LogP contribution in [-0.4, -0.2) is 47.8 Å². The fourth-order valence-electron chi connectivity index (χ4n) is 1.67. The molecule has 0 saturated heterocycles. The first-order valence-corrected chi connectivity index (χ1v) is 11.1. The molecule has 0 spiro atoms. The zero-order valence-corrected chi connectivity index (χ0v) is 16.9. The molecule has 0 aliphatic rings. The molecule has 7 heteroatoms. The van der Waals surface area contributed by atoms with Crippen LogP contribution in [0.2, 0.25) is 0 Å². The zero-order chi connectivity index (χ0) is 17.9. The van der Waals surface area contributed by atoms with Gasteiger partial charge in [0.25, 0.3) is 0 Å². The van der Waals surface area contributed by atoms with Crippen LogP contribution in [-0.2, 0) is 43.1 Å². The average molecular weight is 368 g/mol. The van der Waals surface area contributed by atoms with Crippen LogP contribution >= 0.6 is 0 Å².